The van der Waals surface area contributed by atoms with Crippen molar-refractivity contribution in [2.24, 2.45) is 0 Å². The summed E-state index contributed by atoms with van der Waals surface area (Å²) in [5.74, 6) is 0. The number of hydrogen-bond donors (Lipinski definition) is 1. The van der Waals surface area contributed by atoms with E-state index >= 15 is 0 Å². The Labute approximate surface area is 83.5 Å². The first-order valence-electron chi connectivity index (χ1n) is 4.68. The summed E-state index contributed by atoms with van der Waals surface area (Å²) >= 11 is 0. The van der Waals surface area contributed by atoms with Crippen molar-refractivity contribution in [1.82, 2.24) is 4.98 Å². The number of aromatic amines is 1. The largest absolute Gasteiger partial charge is 0.372 e. The maximum absolute atomic E-state index is 5.54. The van der Waals surface area contributed by atoms with E-state index in [4.69, 9.17) is 4.74 Å². The first-order chi connectivity index (χ1) is 6.95. The van der Waals surface area contributed by atoms with Crippen LogP contribution in [0.4, 0.5) is 0 Å². The van der Waals surface area contributed by atoms with E-state index < -0.39 is 0 Å². The van der Waals surface area contributed by atoms with Crippen molar-refractivity contribution >= 4 is 0 Å². The Balaban J connectivity index is 1.79. The highest BCUT2D eigenvalue weighted by Gasteiger charge is 1.93. The van der Waals surface area contributed by atoms with Crippen molar-refractivity contribution in [3.63, 3.8) is 0 Å². The minimum absolute atomic E-state index is 0.665. The fourth-order valence-electron chi connectivity index (χ4n) is 1.31. The number of benzene rings is 1. The Bertz CT molecular complexity index is 353. The van der Waals surface area contributed by atoms with Crippen LogP contribution in [0.15, 0.2) is 48.8 Å². The zero-order valence-corrected chi connectivity index (χ0v) is 7.94. The maximum Gasteiger partial charge on any atom is 0.0736 e. The first kappa shape index (κ1) is 9.03. The Morgan fingerprint density at radius 2 is 1.71 bits per heavy atom. The van der Waals surface area contributed by atoms with Gasteiger partial charge in [0.1, 0.15) is 0 Å². The number of H-pyrrole nitrogens is 1. The van der Waals surface area contributed by atoms with Gasteiger partial charge in [0, 0.05) is 12.4 Å². The van der Waals surface area contributed by atoms with Crippen molar-refractivity contribution in [2.45, 2.75) is 13.2 Å². The van der Waals surface area contributed by atoms with Gasteiger partial charge in [0.05, 0.1) is 13.2 Å². The molecule has 72 valence electrons. The molecule has 0 unspecified atom stereocenters. The average molecular weight is 187 g/mol. The lowest BCUT2D eigenvalue weighted by atomic mass is 10.2. The molecule has 1 aromatic carbocycles. The summed E-state index contributed by atoms with van der Waals surface area (Å²) in [6, 6.07) is 12.2. The van der Waals surface area contributed by atoms with Crippen molar-refractivity contribution in [1.29, 1.82) is 0 Å². The first-order valence-corrected chi connectivity index (χ1v) is 4.68. The van der Waals surface area contributed by atoms with Crippen molar-refractivity contribution in [3.05, 3.63) is 59.9 Å². The van der Waals surface area contributed by atoms with Gasteiger partial charge in [-0.3, -0.25) is 0 Å². The predicted octanol–water partition coefficient (Wildman–Crippen LogP) is 2.73. The normalized spacial score (nSPS) is 10.3. The summed E-state index contributed by atoms with van der Waals surface area (Å²) in [5, 5.41) is 0. The SMILES string of the molecule is c1ccc(COCc2cc[nH]c2)cc1. The summed E-state index contributed by atoms with van der Waals surface area (Å²) in [4.78, 5) is 3.00. The third-order valence-electron chi connectivity index (χ3n) is 2.04. The third kappa shape index (κ3) is 2.47. The molecule has 2 aromatic rings. The molecule has 0 aliphatic heterocycles. The van der Waals surface area contributed by atoms with E-state index in [1.807, 2.05) is 36.7 Å². The van der Waals surface area contributed by atoms with Crippen LogP contribution in [-0.2, 0) is 18.0 Å². The molecule has 0 saturated heterocycles. The Kier molecular flexibility index (Phi) is 2.99. The summed E-state index contributed by atoms with van der Waals surface area (Å²) in [6.45, 7) is 1.34. The number of ether oxygens (including phenoxy) is 1. The molecule has 1 heterocycles. The van der Waals surface area contributed by atoms with Crippen LogP contribution in [0.2, 0.25) is 0 Å². The molecule has 0 saturated carbocycles. The van der Waals surface area contributed by atoms with Gasteiger partial charge >= 0.3 is 0 Å². The van der Waals surface area contributed by atoms with Gasteiger partial charge in [0.2, 0.25) is 0 Å². The highest BCUT2D eigenvalue weighted by atomic mass is 16.5. The van der Waals surface area contributed by atoms with E-state index in [1.54, 1.807) is 0 Å². The van der Waals surface area contributed by atoms with E-state index in [0.29, 0.717) is 13.2 Å². The molecule has 0 radical (unpaired) electrons. The number of rotatable bonds is 4. The molecule has 14 heavy (non-hydrogen) atoms. The van der Waals surface area contributed by atoms with Crippen molar-refractivity contribution < 1.29 is 4.74 Å². The molecule has 2 nitrogen and oxygen atoms in total. The standard InChI is InChI=1S/C12H13NO/c1-2-4-11(5-3-1)9-14-10-12-6-7-13-8-12/h1-8,13H,9-10H2. The maximum atomic E-state index is 5.54. The molecule has 0 aliphatic rings. The molecule has 0 spiro atoms. The number of aromatic nitrogens is 1. The van der Waals surface area contributed by atoms with Crippen LogP contribution < -0.4 is 0 Å². The van der Waals surface area contributed by atoms with Crippen LogP contribution in [0.1, 0.15) is 11.1 Å². The van der Waals surface area contributed by atoms with E-state index in [1.165, 1.54) is 11.1 Å². The van der Waals surface area contributed by atoms with E-state index in [9.17, 15) is 0 Å². The zero-order chi connectivity index (χ0) is 9.64. The second kappa shape index (κ2) is 4.63. The Morgan fingerprint density at radius 1 is 0.929 bits per heavy atom. The molecule has 0 bridgehead atoms. The lowest BCUT2D eigenvalue weighted by Crippen LogP contribution is -1.92. The van der Waals surface area contributed by atoms with Gasteiger partial charge in [-0.15, -0.1) is 0 Å². The summed E-state index contributed by atoms with van der Waals surface area (Å²) < 4.78 is 5.54. The van der Waals surface area contributed by atoms with E-state index in [0.717, 1.165) is 0 Å². The molecular weight excluding hydrogens is 174 g/mol. The van der Waals surface area contributed by atoms with Gasteiger partial charge in [0.15, 0.2) is 0 Å². The smallest absolute Gasteiger partial charge is 0.0736 e. The molecule has 0 fully saturated rings. The molecular formula is C12H13NO. The second-order valence-electron chi connectivity index (χ2n) is 3.20. The van der Waals surface area contributed by atoms with Gasteiger partial charge in [0.25, 0.3) is 0 Å². The van der Waals surface area contributed by atoms with Crippen LogP contribution in [0, 0.1) is 0 Å². The fraction of sp³-hybridized carbons (Fsp3) is 0.167. The van der Waals surface area contributed by atoms with Gasteiger partial charge in [-0.05, 0) is 17.2 Å². The van der Waals surface area contributed by atoms with Crippen LogP contribution >= 0.6 is 0 Å². The van der Waals surface area contributed by atoms with Gasteiger partial charge in [-0.1, -0.05) is 30.3 Å². The van der Waals surface area contributed by atoms with Crippen LogP contribution in [0.3, 0.4) is 0 Å². The molecule has 1 aromatic heterocycles. The topological polar surface area (TPSA) is 25.0 Å². The second-order valence-corrected chi connectivity index (χ2v) is 3.20. The molecule has 0 aliphatic carbocycles. The van der Waals surface area contributed by atoms with Crippen LogP contribution in [0.5, 0.6) is 0 Å². The third-order valence-corrected chi connectivity index (χ3v) is 2.04. The van der Waals surface area contributed by atoms with Gasteiger partial charge in [-0.25, -0.2) is 0 Å². The quantitative estimate of drug-likeness (QED) is 0.782. The summed E-state index contributed by atoms with van der Waals surface area (Å²) in [5.41, 5.74) is 2.39. The monoisotopic (exact) mass is 187 g/mol. The van der Waals surface area contributed by atoms with Gasteiger partial charge < -0.3 is 9.72 Å². The zero-order valence-electron chi connectivity index (χ0n) is 7.94. The lowest BCUT2D eigenvalue weighted by molar-refractivity contribution is 0.107. The average Bonchev–Trinajstić information content (AvgIpc) is 2.72. The Morgan fingerprint density at radius 3 is 2.43 bits per heavy atom. The highest BCUT2D eigenvalue weighted by Crippen LogP contribution is 2.04. The minimum Gasteiger partial charge on any atom is -0.372 e. The molecule has 2 rings (SSSR count). The van der Waals surface area contributed by atoms with Crippen LogP contribution in [-0.4, -0.2) is 4.98 Å². The minimum atomic E-state index is 0.665. The lowest BCUT2D eigenvalue weighted by Gasteiger charge is -2.02. The summed E-state index contributed by atoms with van der Waals surface area (Å²) in [7, 11) is 0. The fourth-order valence-corrected chi connectivity index (χ4v) is 1.31. The number of hydrogen-bond acceptors (Lipinski definition) is 1. The van der Waals surface area contributed by atoms with Crippen LogP contribution in [0.25, 0.3) is 0 Å². The van der Waals surface area contributed by atoms with E-state index in [-0.39, 0.29) is 0 Å². The predicted molar refractivity (Wildman–Crippen MR) is 55.7 cm³/mol. The number of nitrogens with one attached hydrogen (secondary N) is 1. The van der Waals surface area contributed by atoms with Crippen molar-refractivity contribution in [3.8, 4) is 0 Å². The molecule has 2 heteroatoms. The highest BCUT2D eigenvalue weighted by molar-refractivity contribution is 5.13. The molecule has 0 amide bonds. The summed E-state index contributed by atoms with van der Waals surface area (Å²) in [6.07, 6.45) is 3.85. The molecule has 1 N–H and O–H groups in total. The Hall–Kier alpha value is -1.54. The van der Waals surface area contributed by atoms with Crippen molar-refractivity contribution in [2.75, 3.05) is 0 Å². The van der Waals surface area contributed by atoms with E-state index in [2.05, 4.69) is 17.1 Å². The van der Waals surface area contributed by atoms with Gasteiger partial charge in [-0.2, -0.15) is 0 Å². The molecule has 0 atom stereocenters.